The molecule has 1 heterocycles. The number of amides is 1. The topological polar surface area (TPSA) is 90.5 Å². The lowest BCUT2D eigenvalue weighted by Crippen LogP contribution is -2.12. The van der Waals surface area contributed by atoms with Crippen molar-refractivity contribution in [3.05, 3.63) is 94.0 Å². The van der Waals surface area contributed by atoms with E-state index in [1.54, 1.807) is 24.3 Å². The Morgan fingerprint density at radius 3 is 2.36 bits per heavy atom. The first-order valence-electron chi connectivity index (χ1n) is 10.7. The summed E-state index contributed by atoms with van der Waals surface area (Å²) >= 11 is 6.12. The van der Waals surface area contributed by atoms with Gasteiger partial charge in [0.25, 0.3) is 5.91 Å². The second kappa shape index (κ2) is 9.90. The number of benzene rings is 3. The molecule has 4 N–H and O–H groups in total. The number of fused-ring (bicyclic) bond motifs is 1. The predicted molar refractivity (Wildman–Crippen MR) is 132 cm³/mol. The molecule has 0 radical (unpaired) electrons. The van der Waals surface area contributed by atoms with Gasteiger partial charge >= 0.3 is 5.97 Å². The van der Waals surface area contributed by atoms with Crippen molar-refractivity contribution < 1.29 is 14.7 Å². The first-order valence-corrected chi connectivity index (χ1v) is 11.1. The molecule has 7 heteroatoms. The number of aliphatic carboxylic acids is 1. The molecule has 0 aromatic heterocycles. The molecule has 3 aromatic rings. The molecule has 0 bridgehead atoms. The summed E-state index contributed by atoms with van der Waals surface area (Å²) in [7, 11) is 0. The standard InChI is InChI=1S/C26H24ClN3O3/c1-2-28-15-17-5-10-20(11-6-17)29-25(18-7-3-16(4-8-18)13-23(31)32)24-21-12-9-19(27)14-22(21)30-26(24)33/h3-12,14,28-29H,2,13,15H2,1H3,(H,30,33)(H,31,32). The van der Waals surface area contributed by atoms with E-state index in [2.05, 4.69) is 22.9 Å². The number of carbonyl (C=O) groups excluding carboxylic acids is 1. The highest BCUT2D eigenvalue weighted by atomic mass is 35.5. The Kier molecular flexibility index (Phi) is 6.77. The van der Waals surface area contributed by atoms with E-state index in [-0.39, 0.29) is 12.3 Å². The number of anilines is 2. The minimum absolute atomic E-state index is 0.0608. The summed E-state index contributed by atoms with van der Waals surface area (Å²) < 4.78 is 0. The van der Waals surface area contributed by atoms with Gasteiger partial charge in [-0.05, 0) is 47.5 Å². The third-order valence-electron chi connectivity index (χ3n) is 5.38. The maximum atomic E-state index is 13.0. The molecule has 0 spiro atoms. The lowest BCUT2D eigenvalue weighted by atomic mass is 9.98. The van der Waals surface area contributed by atoms with Crippen molar-refractivity contribution in [1.82, 2.24) is 5.32 Å². The highest BCUT2D eigenvalue weighted by molar-refractivity contribution is 6.38. The van der Waals surface area contributed by atoms with Crippen LogP contribution in [0.4, 0.5) is 11.4 Å². The SMILES string of the molecule is CCNCc1ccc(NC(=C2C(=O)Nc3cc(Cl)ccc32)c2ccc(CC(=O)O)cc2)cc1. The van der Waals surface area contributed by atoms with E-state index >= 15 is 0 Å². The van der Waals surface area contributed by atoms with Crippen LogP contribution < -0.4 is 16.0 Å². The largest absolute Gasteiger partial charge is 0.481 e. The quantitative estimate of drug-likeness (QED) is 0.354. The molecule has 33 heavy (non-hydrogen) atoms. The van der Waals surface area contributed by atoms with Crippen LogP contribution in [0.15, 0.2) is 66.7 Å². The fourth-order valence-corrected chi connectivity index (χ4v) is 3.93. The Morgan fingerprint density at radius 1 is 1.00 bits per heavy atom. The Labute approximate surface area is 197 Å². The van der Waals surface area contributed by atoms with Gasteiger partial charge in [-0.15, -0.1) is 0 Å². The van der Waals surface area contributed by atoms with Gasteiger partial charge in [-0.2, -0.15) is 0 Å². The van der Waals surface area contributed by atoms with Crippen molar-refractivity contribution in [3.8, 4) is 0 Å². The normalized spacial score (nSPS) is 13.9. The summed E-state index contributed by atoms with van der Waals surface area (Å²) in [5, 5.41) is 19.2. The molecular formula is C26H24ClN3O3. The lowest BCUT2D eigenvalue weighted by Gasteiger charge is -2.16. The summed E-state index contributed by atoms with van der Waals surface area (Å²) in [6.45, 7) is 3.74. The van der Waals surface area contributed by atoms with Crippen LogP contribution >= 0.6 is 11.6 Å². The van der Waals surface area contributed by atoms with Gasteiger partial charge < -0.3 is 21.1 Å². The number of hydrogen-bond donors (Lipinski definition) is 4. The molecule has 0 unspecified atom stereocenters. The van der Waals surface area contributed by atoms with Crippen molar-refractivity contribution >= 4 is 46.1 Å². The third-order valence-corrected chi connectivity index (χ3v) is 5.61. The monoisotopic (exact) mass is 461 g/mol. The molecule has 6 nitrogen and oxygen atoms in total. The maximum Gasteiger partial charge on any atom is 0.307 e. The summed E-state index contributed by atoms with van der Waals surface area (Å²) in [6.07, 6.45) is -0.0608. The molecule has 168 valence electrons. The Balaban J connectivity index is 1.76. The molecule has 1 aliphatic rings. The fourth-order valence-electron chi connectivity index (χ4n) is 3.76. The molecule has 0 atom stereocenters. The molecule has 0 fully saturated rings. The number of rotatable bonds is 8. The van der Waals surface area contributed by atoms with E-state index in [4.69, 9.17) is 16.7 Å². The molecule has 0 aliphatic carbocycles. The van der Waals surface area contributed by atoms with Gasteiger partial charge in [-0.25, -0.2) is 0 Å². The number of carbonyl (C=O) groups is 2. The Bertz CT molecular complexity index is 1220. The average molecular weight is 462 g/mol. The number of carboxylic acids is 1. The van der Waals surface area contributed by atoms with E-state index < -0.39 is 5.97 Å². The Morgan fingerprint density at radius 2 is 1.70 bits per heavy atom. The van der Waals surface area contributed by atoms with E-state index in [1.165, 1.54) is 0 Å². The molecule has 1 amide bonds. The van der Waals surface area contributed by atoms with Crippen molar-refractivity contribution in [3.63, 3.8) is 0 Å². The maximum absolute atomic E-state index is 13.0. The number of hydrogen-bond acceptors (Lipinski definition) is 4. The van der Waals surface area contributed by atoms with E-state index in [9.17, 15) is 9.59 Å². The van der Waals surface area contributed by atoms with Crippen LogP contribution in [0.2, 0.25) is 5.02 Å². The molecular weight excluding hydrogens is 438 g/mol. The predicted octanol–water partition coefficient (Wildman–Crippen LogP) is 5.01. The molecule has 0 saturated carbocycles. The zero-order valence-corrected chi connectivity index (χ0v) is 18.9. The van der Waals surface area contributed by atoms with Crippen molar-refractivity contribution in [2.24, 2.45) is 0 Å². The van der Waals surface area contributed by atoms with Crippen LogP contribution in [-0.4, -0.2) is 23.5 Å². The van der Waals surface area contributed by atoms with E-state index in [0.29, 0.717) is 27.5 Å². The summed E-state index contributed by atoms with van der Waals surface area (Å²) in [5.41, 5.74) is 6.01. The van der Waals surface area contributed by atoms with Gasteiger partial charge in [0.1, 0.15) is 0 Å². The second-order valence-corrected chi connectivity index (χ2v) is 8.20. The molecule has 0 saturated heterocycles. The number of halogens is 1. The highest BCUT2D eigenvalue weighted by Gasteiger charge is 2.28. The van der Waals surface area contributed by atoms with Crippen LogP contribution in [0, 0.1) is 0 Å². The van der Waals surface area contributed by atoms with E-state index in [0.717, 1.165) is 35.5 Å². The third kappa shape index (κ3) is 5.25. The zero-order valence-electron chi connectivity index (χ0n) is 18.1. The smallest absolute Gasteiger partial charge is 0.307 e. The first-order chi connectivity index (χ1) is 15.9. The minimum atomic E-state index is -0.891. The average Bonchev–Trinajstić information content (AvgIpc) is 3.11. The van der Waals surface area contributed by atoms with E-state index in [1.807, 2.05) is 42.5 Å². The van der Waals surface area contributed by atoms with Gasteiger partial charge in [-0.3, -0.25) is 9.59 Å². The van der Waals surface area contributed by atoms with Gasteiger partial charge in [0.2, 0.25) is 0 Å². The minimum Gasteiger partial charge on any atom is -0.481 e. The first kappa shape index (κ1) is 22.6. The molecule has 3 aromatic carbocycles. The zero-order chi connectivity index (χ0) is 23.4. The van der Waals surface area contributed by atoms with Gasteiger partial charge in [0, 0.05) is 22.8 Å². The van der Waals surface area contributed by atoms with Crippen molar-refractivity contribution in [2.75, 3.05) is 17.2 Å². The fraction of sp³-hybridized carbons (Fsp3) is 0.154. The van der Waals surface area contributed by atoms with Crippen LogP contribution in [-0.2, 0) is 22.6 Å². The summed E-state index contributed by atoms with van der Waals surface area (Å²) in [4.78, 5) is 24.0. The van der Waals surface area contributed by atoms with Crippen LogP contribution in [0.25, 0.3) is 11.3 Å². The Hall–Kier alpha value is -3.61. The highest BCUT2D eigenvalue weighted by Crippen LogP contribution is 2.38. The molecule has 4 rings (SSSR count). The van der Waals surface area contributed by atoms with Gasteiger partial charge in [-0.1, -0.05) is 61.0 Å². The van der Waals surface area contributed by atoms with Gasteiger partial charge in [0.05, 0.1) is 23.4 Å². The number of carboxylic acid groups (broad SMARTS) is 1. The lowest BCUT2D eigenvalue weighted by molar-refractivity contribution is -0.136. The van der Waals surface area contributed by atoms with Gasteiger partial charge in [0.15, 0.2) is 0 Å². The summed E-state index contributed by atoms with van der Waals surface area (Å²) in [6, 6.07) is 20.5. The molecule has 1 aliphatic heterocycles. The second-order valence-electron chi connectivity index (χ2n) is 7.76. The summed E-state index contributed by atoms with van der Waals surface area (Å²) in [5.74, 6) is -1.12. The van der Waals surface area contributed by atoms with Crippen LogP contribution in [0.3, 0.4) is 0 Å². The van der Waals surface area contributed by atoms with Crippen LogP contribution in [0.1, 0.15) is 29.2 Å². The number of nitrogens with one attached hydrogen (secondary N) is 3. The van der Waals surface area contributed by atoms with Crippen molar-refractivity contribution in [1.29, 1.82) is 0 Å². The van der Waals surface area contributed by atoms with Crippen LogP contribution in [0.5, 0.6) is 0 Å². The van der Waals surface area contributed by atoms with Crippen molar-refractivity contribution in [2.45, 2.75) is 19.9 Å².